The molecule has 0 aromatic carbocycles. The molecule has 0 N–H and O–H groups in total. The maximum absolute atomic E-state index is 12.9. The van der Waals surface area contributed by atoms with Crippen molar-refractivity contribution in [3.63, 3.8) is 0 Å². The molecule has 71 heavy (non-hydrogen) atoms. The Labute approximate surface area is 438 Å². The number of esters is 3. The van der Waals surface area contributed by atoms with Crippen LogP contribution < -0.4 is 0 Å². The average molecular weight is 988 g/mol. The van der Waals surface area contributed by atoms with Gasteiger partial charge >= 0.3 is 17.9 Å². The van der Waals surface area contributed by atoms with Crippen molar-refractivity contribution in [1.29, 1.82) is 0 Å². The maximum Gasteiger partial charge on any atom is 0.306 e. The smallest absolute Gasteiger partial charge is 0.306 e. The van der Waals surface area contributed by atoms with E-state index in [4.69, 9.17) is 14.2 Å². The molecule has 0 radical (unpaired) electrons. The fourth-order valence-electron chi connectivity index (χ4n) is 8.08. The van der Waals surface area contributed by atoms with E-state index in [2.05, 4.69) is 118 Å². The standard InChI is InChI=1S/C65H110O6/c1-4-7-10-13-16-19-22-25-28-30-31-32-33-35-38-41-44-47-50-53-56-59-65(68)71-62(60-69-63(66)57-54-51-48-45-42-39-36-27-24-21-18-15-12-9-6-3)61-70-64(67)58-55-52-49-46-43-40-37-34-29-26-23-20-17-14-11-8-5-2/h9,12,17-18,20-21,25-29,36-37,40,42,45,62H,4-8,10-11,13-16,19,22-24,30-35,38-39,41,43-44,46-61H2,1-3H3/b12-9-,20-17-,21-18-,28-25-,29-26-,36-27-,40-37-,45-42-/t62-/m1/s1. The zero-order valence-electron chi connectivity index (χ0n) is 46.5. The van der Waals surface area contributed by atoms with Crippen LogP contribution in [-0.2, 0) is 28.6 Å². The molecule has 0 aromatic rings. The SMILES string of the molecule is CC/C=C\C/C=C\C/C=C\C/C=C\CCCCC(=O)OC[C@H](COC(=O)CCCCCC/C=C\C/C=C\C/C=C\CCCCC)OC(=O)CCCCCCCCCCCCC/C=C\CCCCCCCC. The van der Waals surface area contributed by atoms with Crippen LogP contribution in [0.25, 0.3) is 0 Å². The number of hydrogen-bond donors (Lipinski definition) is 0. The zero-order valence-corrected chi connectivity index (χ0v) is 46.5. The van der Waals surface area contributed by atoms with Crippen LogP contribution in [0.1, 0.15) is 278 Å². The molecule has 6 heteroatoms. The van der Waals surface area contributed by atoms with Crippen molar-refractivity contribution in [2.24, 2.45) is 0 Å². The first-order valence-electron chi connectivity index (χ1n) is 29.7. The molecule has 0 heterocycles. The molecule has 0 unspecified atom stereocenters. The maximum atomic E-state index is 12.9. The van der Waals surface area contributed by atoms with Gasteiger partial charge in [-0.25, -0.2) is 0 Å². The second kappa shape index (κ2) is 58.9. The van der Waals surface area contributed by atoms with Gasteiger partial charge < -0.3 is 14.2 Å². The predicted molar refractivity (Wildman–Crippen MR) is 307 cm³/mol. The summed E-state index contributed by atoms with van der Waals surface area (Å²) in [5, 5.41) is 0. The van der Waals surface area contributed by atoms with Crippen LogP contribution in [-0.4, -0.2) is 37.2 Å². The minimum atomic E-state index is -0.806. The number of carbonyl (C=O) groups excluding carboxylic acids is 3. The molecule has 6 nitrogen and oxygen atoms in total. The van der Waals surface area contributed by atoms with Crippen molar-refractivity contribution >= 4 is 17.9 Å². The van der Waals surface area contributed by atoms with Crippen LogP contribution in [0.5, 0.6) is 0 Å². The van der Waals surface area contributed by atoms with Crippen molar-refractivity contribution in [3.05, 3.63) is 97.2 Å². The summed E-state index contributed by atoms with van der Waals surface area (Å²) in [4.78, 5) is 38.2. The number of ether oxygens (including phenoxy) is 3. The molecule has 0 aromatic heterocycles. The first-order chi connectivity index (χ1) is 35.0. The highest BCUT2D eigenvalue weighted by molar-refractivity contribution is 5.71. The first kappa shape index (κ1) is 67.3. The Kier molecular flexibility index (Phi) is 55.9. The average Bonchev–Trinajstić information content (AvgIpc) is 3.37. The summed E-state index contributed by atoms with van der Waals surface area (Å²) in [5.74, 6) is -0.960. The lowest BCUT2D eigenvalue weighted by atomic mass is 10.0. The second-order valence-corrected chi connectivity index (χ2v) is 19.5. The Balaban J connectivity index is 4.45. The van der Waals surface area contributed by atoms with Crippen LogP contribution in [0.3, 0.4) is 0 Å². The van der Waals surface area contributed by atoms with E-state index in [1.165, 1.54) is 128 Å². The summed E-state index contributed by atoms with van der Waals surface area (Å²) in [6.07, 6.45) is 78.3. The Morgan fingerprint density at radius 3 is 0.930 bits per heavy atom. The van der Waals surface area contributed by atoms with Gasteiger partial charge in [-0.1, -0.05) is 234 Å². The molecule has 0 aliphatic carbocycles. The summed E-state index contributed by atoms with van der Waals surface area (Å²) in [6, 6.07) is 0. The number of hydrogen-bond acceptors (Lipinski definition) is 6. The van der Waals surface area contributed by atoms with E-state index in [0.29, 0.717) is 19.3 Å². The fraction of sp³-hybridized carbons (Fsp3) is 0.708. The molecule has 406 valence electrons. The fourth-order valence-corrected chi connectivity index (χ4v) is 8.08. The topological polar surface area (TPSA) is 78.9 Å². The summed E-state index contributed by atoms with van der Waals surface area (Å²) >= 11 is 0. The van der Waals surface area contributed by atoms with Gasteiger partial charge in [-0.3, -0.25) is 14.4 Å². The van der Waals surface area contributed by atoms with Gasteiger partial charge in [0.25, 0.3) is 0 Å². The van der Waals surface area contributed by atoms with E-state index in [9.17, 15) is 14.4 Å². The van der Waals surface area contributed by atoms with Crippen LogP contribution >= 0.6 is 0 Å². The number of carbonyl (C=O) groups is 3. The van der Waals surface area contributed by atoms with Gasteiger partial charge in [-0.05, 0) is 122 Å². The quantitative estimate of drug-likeness (QED) is 0.0261. The van der Waals surface area contributed by atoms with Gasteiger partial charge in [0, 0.05) is 19.3 Å². The number of allylic oxidation sites excluding steroid dienone is 16. The molecule has 0 fully saturated rings. The Morgan fingerprint density at radius 2 is 0.549 bits per heavy atom. The highest BCUT2D eigenvalue weighted by Crippen LogP contribution is 2.15. The van der Waals surface area contributed by atoms with Gasteiger partial charge in [0.2, 0.25) is 0 Å². The van der Waals surface area contributed by atoms with E-state index in [0.717, 1.165) is 109 Å². The van der Waals surface area contributed by atoms with Crippen molar-refractivity contribution in [3.8, 4) is 0 Å². The summed E-state index contributed by atoms with van der Waals surface area (Å²) < 4.78 is 16.8. The third-order valence-corrected chi connectivity index (χ3v) is 12.5. The Morgan fingerprint density at radius 1 is 0.296 bits per heavy atom. The second-order valence-electron chi connectivity index (χ2n) is 19.5. The van der Waals surface area contributed by atoms with Gasteiger partial charge in [0.15, 0.2) is 6.10 Å². The third kappa shape index (κ3) is 57.1. The lowest BCUT2D eigenvalue weighted by Crippen LogP contribution is -2.30. The number of rotatable bonds is 53. The third-order valence-electron chi connectivity index (χ3n) is 12.5. The first-order valence-corrected chi connectivity index (χ1v) is 29.7. The normalized spacial score (nSPS) is 12.8. The summed E-state index contributed by atoms with van der Waals surface area (Å²) in [6.45, 7) is 6.45. The molecule has 1 atom stereocenters. The van der Waals surface area contributed by atoms with E-state index in [1.807, 2.05) is 0 Å². The largest absolute Gasteiger partial charge is 0.462 e. The van der Waals surface area contributed by atoms with Gasteiger partial charge in [0.05, 0.1) is 0 Å². The van der Waals surface area contributed by atoms with Gasteiger partial charge in [-0.2, -0.15) is 0 Å². The van der Waals surface area contributed by atoms with Crippen molar-refractivity contribution < 1.29 is 28.6 Å². The molecule has 0 amide bonds. The Bertz CT molecular complexity index is 1410. The highest BCUT2D eigenvalue weighted by Gasteiger charge is 2.19. The van der Waals surface area contributed by atoms with Gasteiger partial charge in [-0.15, -0.1) is 0 Å². The van der Waals surface area contributed by atoms with E-state index >= 15 is 0 Å². The van der Waals surface area contributed by atoms with Crippen LogP contribution in [0, 0.1) is 0 Å². The predicted octanol–water partition coefficient (Wildman–Crippen LogP) is 20.1. The lowest BCUT2D eigenvalue weighted by molar-refractivity contribution is -0.167. The van der Waals surface area contributed by atoms with Crippen LogP contribution in [0.15, 0.2) is 97.2 Å². The molecule has 0 saturated heterocycles. The molecule has 0 bridgehead atoms. The van der Waals surface area contributed by atoms with Crippen LogP contribution in [0.2, 0.25) is 0 Å². The minimum absolute atomic E-state index is 0.103. The monoisotopic (exact) mass is 987 g/mol. The van der Waals surface area contributed by atoms with E-state index in [-0.39, 0.29) is 31.1 Å². The molecular weight excluding hydrogens is 877 g/mol. The van der Waals surface area contributed by atoms with Crippen LogP contribution in [0.4, 0.5) is 0 Å². The molecule has 0 rings (SSSR count). The van der Waals surface area contributed by atoms with E-state index in [1.54, 1.807) is 0 Å². The lowest BCUT2D eigenvalue weighted by Gasteiger charge is -2.18. The van der Waals surface area contributed by atoms with Gasteiger partial charge in [0.1, 0.15) is 13.2 Å². The zero-order chi connectivity index (χ0) is 51.4. The van der Waals surface area contributed by atoms with Crippen molar-refractivity contribution in [1.82, 2.24) is 0 Å². The molecular formula is C65H110O6. The van der Waals surface area contributed by atoms with E-state index < -0.39 is 6.10 Å². The number of unbranched alkanes of at least 4 members (excludes halogenated alkanes) is 26. The minimum Gasteiger partial charge on any atom is -0.462 e. The summed E-state index contributed by atoms with van der Waals surface area (Å²) in [7, 11) is 0. The highest BCUT2D eigenvalue weighted by atomic mass is 16.6. The molecule has 0 aliphatic rings. The Hall–Kier alpha value is -3.67. The van der Waals surface area contributed by atoms with Crippen molar-refractivity contribution in [2.45, 2.75) is 284 Å². The molecule has 0 aliphatic heterocycles. The molecule has 0 spiro atoms. The van der Waals surface area contributed by atoms with Crippen molar-refractivity contribution in [2.75, 3.05) is 13.2 Å². The summed E-state index contributed by atoms with van der Waals surface area (Å²) in [5.41, 5.74) is 0. The molecule has 0 saturated carbocycles.